The fourth-order valence-electron chi connectivity index (χ4n) is 3.66. The Hall–Kier alpha value is -2.56. The van der Waals surface area contributed by atoms with Crippen LogP contribution in [0.1, 0.15) is 44.4 Å². The standard InChI is InChI=1S/C21H24FNO3/c1-4-8-26-15-7-5-6-13(9-15)16-10-14-12-21(2,3)19(23-20(24)25)17(14)11-18(16)22/h5-7,9-11,19,23H,4,8,12H2,1-3H3,(H,24,25)/t19-/m0/s1. The number of hydrogen-bond acceptors (Lipinski definition) is 2. The topological polar surface area (TPSA) is 58.6 Å². The first-order chi connectivity index (χ1) is 12.3. The Morgan fingerprint density at radius 1 is 1.35 bits per heavy atom. The van der Waals surface area contributed by atoms with Gasteiger partial charge >= 0.3 is 6.09 Å². The lowest BCUT2D eigenvalue weighted by Gasteiger charge is -2.27. The fourth-order valence-corrected chi connectivity index (χ4v) is 3.66. The van der Waals surface area contributed by atoms with Crippen LogP contribution in [0.4, 0.5) is 9.18 Å². The molecule has 1 aliphatic carbocycles. The molecule has 5 heteroatoms. The molecule has 0 fully saturated rings. The van der Waals surface area contributed by atoms with Gasteiger partial charge in [-0.2, -0.15) is 0 Å². The second kappa shape index (κ2) is 6.98. The number of carbonyl (C=O) groups is 1. The molecule has 1 aliphatic rings. The van der Waals surface area contributed by atoms with Crippen LogP contribution in [-0.4, -0.2) is 17.8 Å². The summed E-state index contributed by atoms with van der Waals surface area (Å²) in [7, 11) is 0. The van der Waals surface area contributed by atoms with Gasteiger partial charge in [-0.15, -0.1) is 0 Å². The largest absolute Gasteiger partial charge is 0.494 e. The SMILES string of the molecule is CCCOc1cccc(-c2cc3c(cc2F)[C@H](NC(=O)O)C(C)(C)C3)c1. The van der Waals surface area contributed by atoms with Crippen molar-refractivity contribution in [2.75, 3.05) is 6.61 Å². The van der Waals surface area contributed by atoms with E-state index in [9.17, 15) is 9.18 Å². The minimum absolute atomic E-state index is 0.308. The van der Waals surface area contributed by atoms with Gasteiger partial charge in [-0.05, 0) is 59.2 Å². The number of carboxylic acid groups (broad SMARTS) is 1. The second-order valence-corrected chi connectivity index (χ2v) is 7.46. The van der Waals surface area contributed by atoms with Crippen LogP contribution in [0.3, 0.4) is 0 Å². The predicted molar refractivity (Wildman–Crippen MR) is 99.0 cm³/mol. The molecule has 0 saturated carbocycles. The van der Waals surface area contributed by atoms with Gasteiger partial charge in [-0.25, -0.2) is 9.18 Å². The predicted octanol–water partition coefficient (Wildman–Crippen LogP) is 5.17. The van der Waals surface area contributed by atoms with Crippen LogP contribution in [-0.2, 0) is 6.42 Å². The Kier molecular flexibility index (Phi) is 4.90. The molecule has 2 N–H and O–H groups in total. The Labute approximate surface area is 153 Å². The van der Waals surface area contributed by atoms with E-state index in [2.05, 4.69) is 5.32 Å². The molecular formula is C21H24FNO3. The first-order valence-electron chi connectivity index (χ1n) is 8.87. The van der Waals surface area contributed by atoms with E-state index < -0.39 is 12.1 Å². The molecule has 0 saturated heterocycles. The lowest BCUT2D eigenvalue weighted by atomic mass is 9.85. The van der Waals surface area contributed by atoms with Crippen LogP contribution in [0.15, 0.2) is 36.4 Å². The molecule has 0 heterocycles. The van der Waals surface area contributed by atoms with Gasteiger partial charge in [0.25, 0.3) is 0 Å². The first kappa shape index (κ1) is 18.2. The quantitative estimate of drug-likeness (QED) is 0.776. The van der Waals surface area contributed by atoms with Gasteiger partial charge in [0.05, 0.1) is 12.6 Å². The lowest BCUT2D eigenvalue weighted by molar-refractivity contribution is 0.175. The van der Waals surface area contributed by atoms with Gasteiger partial charge < -0.3 is 15.2 Å². The zero-order valence-electron chi connectivity index (χ0n) is 15.3. The third-order valence-corrected chi connectivity index (χ3v) is 4.85. The van der Waals surface area contributed by atoms with E-state index in [4.69, 9.17) is 9.84 Å². The summed E-state index contributed by atoms with van der Waals surface area (Å²) in [5.41, 5.74) is 2.66. The van der Waals surface area contributed by atoms with E-state index in [1.54, 1.807) is 0 Å². The Morgan fingerprint density at radius 3 is 2.81 bits per heavy atom. The molecule has 2 aromatic rings. The highest BCUT2D eigenvalue weighted by atomic mass is 19.1. The molecule has 0 aliphatic heterocycles. The molecule has 0 spiro atoms. The van der Waals surface area contributed by atoms with E-state index in [1.807, 2.05) is 51.1 Å². The molecule has 26 heavy (non-hydrogen) atoms. The number of fused-ring (bicyclic) bond motifs is 1. The molecule has 2 aromatic carbocycles. The molecule has 0 bridgehead atoms. The third-order valence-electron chi connectivity index (χ3n) is 4.85. The summed E-state index contributed by atoms with van der Waals surface area (Å²) in [6.07, 6.45) is 0.498. The van der Waals surface area contributed by atoms with Crippen molar-refractivity contribution < 1.29 is 19.0 Å². The Balaban J connectivity index is 1.99. The molecule has 0 aromatic heterocycles. The monoisotopic (exact) mass is 357 g/mol. The second-order valence-electron chi connectivity index (χ2n) is 7.46. The first-order valence-corrected chi connectivity index (χ1v) is 8.87. The number of ether oxygens (including phenoxy) is 1. The summed E-state index contributed by atoms with van der Waals surface area (Å²) in [6, 6.07) is 10.3. The summed E-state index contributed by atoms with van der Waals surface area (Å²) in [5, 5.41) is 11.7. The summed E-state index contributed by atoms with van der Waals surface area (Å²) < 4.78 is 20.5. The maximum absolute atomic E-state index is 14.9. The van der Waals surface area contributed by atoms with E-state index in [-0.39, 0.29) is 11.2 Å². The van der Waals surface area contributed by atoms with Gasteiger partial charge in [0.1, 0.15) is 11.6 Å². The molecule has 1 amide bonds. The molecule has 138 valence electrons. The third kappa shape index (κ3) is 3.52. The van der Waals surface area contributed by atoms with E-state index in [1.165, 1.54) is 6.07 Å². The summed E-state index contributed by atoms with van der Waals surface area (Å²) in [6.45, 7) is 6.63. The number of halogens is 1. The highest BCUT2D eigenvalue weighted by molar-refractivity contribution is 5.69. The zero-order chi connectivity index (χ0) is 18.9. The molecule has 0 radical (unpaired) electrons. The number of amides is 1. The highest BCUT2D eigenvalue weighted by Gasteiger charge is 2.40. The fraction of sp³-hybridized carbons (Fsp3) is 0.381. The van der Waals surface area contributed by atoms with Gasteiger partial charge in [0, 0.05) is 5.56 Å². The normalized spacial score (nSPS) is 17.6. The van der Waals surface area contributed by atoms with Crippen LogP contribution < -0.4 is 10.1 Å². The van der Waals surface area contributed by atoms with Crippen molar-refractivity contribution in [3.05, 3.63) is 53.3 Å². The smallest absolute Gasteiger partial charge is 0.405 e. The van der Waals surface area contributed by atoms with E-state index >= 15 is 0 Å². The van der Waals surface area contributed by atoms with Gasteiger partial charge in [-0.1, -0.05) is 32.9 Å². The van der Waals surface area contributed by atoms with Gasteiger partial charge in [-0.3, -0.25) is 0 Å². The number of hydrogen-bond donors (Lipinski definition) is 2. The van der Waals surface area contributed by atoms with Crippen molar-refractivity contribution in [1.29, 1.82) is 0 Å². The van der Waals surface area contributed by atoms with Crippen molar-refractivity contribution in [3.8, 4) is 16.9 Å². The van der Waals surface area contributed by atoms with E-state index in [0.29, 0.717) is 18.6 Å². The number of benzene rings is 2. The van der Waals surface area contributed by atoms with Gasteiger partial charge in [0.15, 0.2) is 0 Å². The van der Waals surface area contributed by atoms with Crippen molar-refractivity contribution in [3.63, 3.8) is 0 Å². The van der Waals surface area contributed by atoms with Gasteiger partial charge in [0.2, 0.25) is 0 Å². The molecule has 1 atom stereocenters. The minimum atomic E-state index is -1.10. The average Bonchev–Trinajstić information content (AvgIpc) is 2.82. The number of rotatable bonds is 5. The maximum Gasteiger partial charge on any atom is 0.405 e. The van der Waals surface area contributed by atoms with Crippen LogP contribution >= 0.6 is 0 Å². The Bertz CT molecular complexity index is 832. The zero-order valence-corrected chi connectivity index (χ0v) is 15.3. The average molecular weight is 357 g/mol. The van der Waals surface area contributed by atoms with Crippen LogP contribution in [0, 0.1) is 11.2 Å². The van der Waals surface area contributed by atoms with E-state index in [0.717, 1.165) is 28.9 Å². The molecule has 0 unspecified atom stereocenters. The summed E-state index contributed by atoms with van der Waals surface area (Å²) in [5.74, 6) is 0.362. The number of nitrogens with one attached hydrogen (secondary N) is 1. The molecule has 4 nitrogen and oxygen atoms in total. The van der Waals surface area contributed by atoms with Crippen LogP contribution in [0.2, 0.25) is 0 Å². The summed E-state index contributed by atoms with van der Waals surface area (Å²) in [4.78, 5) is 11.1. The maximum atomic E-state index is 14.9. The van der Waals surface area contributed by atoms with Crippen molar-refractivity contribution in [2.45, 2.75) is 39.7 Å². The van der Waals surface area contributed by atoms with Crippen LogP contribution in [0.5, 0.6) is 5.75 Å². The highest BCUT2D eigenvalue weighted by Crippen LogP contribution is 2.46. The Morgan fingerprint density at radius 2 is 2.12 bits per heavy atom. The minimum Gasteiger partial charge on any atom is -0.494 e. The van der Waals surface area contributed by atoms with Crippen molar-refractivity contribution in [1.82, 2.24) is 5.32 Å². The lowest BCUT2D eigenvalue weighted by Crippen LogP contribution is -2.34. The summed E-state index contributed by atoms with van der Waals surface area (Å²) >= 11 is 0. The van der Waals surface area contributed by atoms with Crippen molar-refractivity contribution >= 4 is 6.09 Å². The van der Waals surface area contributed by atoms with Crippen LogP contribution in [0.25, 0.3) is 11.1 Å². The molecular weight excluding hydrogens is 333 g/mol. The molecule has 3 rings (SSSR count). The van der Waals surface area contributed by atoms with Crippen molar-refractivity contribution in [2.24, 2.45) is 5.41 Å².